The van der Waals surface area contributed by atoms with E-state index in [2.05, 4.69) is 25.7 Å². The largest absolute Gasteiger partial charge is 0.392 e. The molecule has 0 aromatic rings. The van der Waals surface area contributed by atoms with Crippen molar-refractivity contribution in [1.29, 1.82) is 0 Å². The van der Waals surface area contributed by atoms with E-state index < -0.39 is 0 Å². The number of hydrogen-bond donors (Lipinski definition) is 1. The van der Waals surface area contributed by atoms with Crippen molar-refractivity contribution in [2.75, 3.05) is 12.3 Å². The molecule has 0 saturated carbocycles. The molecule has 0 aliphatic carbocycles. The summed E-state index contributed by atoms with van der Waals surface area (Å²) in [5, 5.41) is 10.2. The molecule has 78 valence electrons. The molecular formula is C10H21NOS. The van der Waals surface area contributed by atoms with Gasteiger partial charge in [0.1, 0.15) is 0 Å². The van der Waals surface area contributed by atoms with Crippen LogP contribution in [0.15, 0.2) is 0 Å². The highest BCUT2D eigenvalue weighted by Gasteiger charge is 2.30. The summed E-state index contributed by atoms with van der Waals surface area (Å²) in [5.74, 6) is 1.20. The first kappa shape index (κ1) is 11.3. The van der Waals surface area contributed by atoms with Gasteiger partial charge in [0.25, 0.3) is 0 Å². The topological polar surface area (TPSA) is 23.5 Å². The highest BCUT2D eigenvalue weighted by atomic mass is 32.2. The van der Waals surface area contributed by atoms with Crippen LogP contribution < -0.4 is 0 Å². The highest BCUT2D eigenvalue weighted by Crippen LogP contribution is 2.26. The van der Waals surface area contributed by atoms with Crippen LogP contribution in [-0.2, 0) is 0 Å². The van der Waals surface area contributed by atoms with E-state index in [4.69, 9.17) is 0 Å². The second kappa shape index (κ2) is 4.67. The summed E-state index contributed by atoms with van der Waals surface area (Å²) >= 11 is 2.04. The summed E-state index contributed by atoms with van der Waals surface area (Å²) in [5.41, 5.74) is 0. The average molecular weight is 203 g/mol. The molecule has 0 amide bonds. The third-order valence-corrected chi connectivity index (χ3v) is 4.49. The standard InChI is InChI=1S/C10H21NOS/c1-7(9(3)12)11-5-6-13-10(4)8(11)2/h7-10,12H,5-6H2,1-4H3. The maximum atomic E-state index is 9.53. The summed E-state index contributed by atoms with van der Waals surface area (Å²) in [6.45, 7) is 9.64. The molecule has 1 aliphatic heterocycles. The van der Waals surface area contributed by atoms with Crippen molar-refractivity contribution < 1.29 is 5.11 Å². The zero-order valence-corrected chi connectivity index (χ0v) is 9.84. The van der Waals surface area contributed by atoms with Crippen molar-refractivity contribution in [3.05, 3.63) is 0 Å². The number of nitrogens with zero attached hydrogens (tertiary/aromatic N) is 1. The molecule has 1 saturated heterocycles. The van der Waals surface area contributed by atoms with Crippen molar-refractivity contribution in [2.45, 2.75) is 51.1 Å². The molecule has 0 radical (unpaired) electrons. The Bertz CT molecular complexity index is 159. The van der Waals surface area contributed by atoms with E-state index in [0.717, 1.165) is 6.54 Å². The monoisotopic (exact) mass is 203 g/mol. The maximum absolute atomic E-state index is 9.53. The quantitative estimate of drug-likeness (QED) is 0.737. The number of aliphatic hydroxyl groups excluding tert-OH is 1. The number of thioether (sulfide) groups is 1. The van der Waals surface area contributed by atoms with Gasteiger partial charge in [0.2, 0.25) is 0 Å². The van der Waals surface area contributed by atoms with E-state index in [1.54, 1.807) is 0 Å². The minimum absolute atomic E-state index is 0.224. The Balaban J connectivity index is 2.57. The van der Waals surface area contributed by atoms with Crippen molar-refractivity contribution in [3.63, 3.8) is 0 Å². The van der Waals surface area contributed by atoms with E-state index in [9.17, 15) is 5.11 Å². The molecule has 0 bridgehead atoms. The normalized spacial score (nSPS) is 35.8. The molecule has 13 heavy (non-hydrogen) atoms. The molecule has 3 heteroatoms. The van der Waals surface area contributed by atoms with Gasteiger partial charge >= 0.3 is 0 Å². The lowest BCUT2D eigenvalue weighted by atomic mass is 10.1. The summed E-state index contributed by atoms with van der Waals surface area (Å²) < 4.78 is 0. The predicted octanol–water partition coefficient (Wildman–Crippen LogP) is 1.58. The lowest BCUT2D eigenvalue weighted by molar-refractivity contribution is 0.0495. The second-order valence-corrected chi connectivity index (χ2v) is 5.52. The first-order valence-electron chi connectivity index (χ1n) is 5.09. The molecule has 1 aliphatic rings. The van der Waals surface area contributed by atoms with E-state index >= 15 is 0 Å². The third kappa shape index (κ3) is 2.61. The van der Waals surface area contributed by atoms with E-state index in [-0.39, 0.29) is 6.10 Å². The van der Waals surface area contributed by atoms with Gasteiger partial charge in [-0.15, -0.1) is 0 Å². The summed E-state index contributed by atoms with van der Waals surface area (Å²) in [6, 6.07) is 0.877. The predicted molar refractivity (Wildman–Crippen MR) is 59.2 cm³/mol. The fraction of sp³-hybridized carbons (Fsp3) is 1.00. The molecule has 1 rings (SSSR count). The number of aliphatic hydroxyl groups is 1. The second-order valence-electron chi connectivity index (χ2n) is 4.04. The Kier molecular flexibility index (Phi) is 4.07. The van der Waals surface area contributed by atoms with E-state index in [0.29, 0.717) is 17.3 Å². The molecule has 4 atom stereocenters. The number of rotatable bonds is 2. The summed E-state index contributed by atoms with van der Waals surface area (Å²) in [6.07, 6.45) is -0.224. The maximum Gasteiger partial charge on any atom is 0.0664 e. The Hall–Kier alpha value is 0.270. The van der Waals surface area contributed by atoms with Gasteiger partial charge in [-0.25, -0.2) is 0 Å². The van der Waals surface area contributed by atoms with Gasteiger partial charge in [-0.2, -0.15) is 11.8 Å². The van der Waals surface area contributed by atoms with Gasteiger partial charge < -0.3 is 5.11 Å². The van der Waals surface area contributed by atoms with Crippen LogP contribution in [0, 0.1) is 0 Å². The molecule has 0 aromatic heterocycles. The van der Waals surface area contributed by atoms with Crippen molar-refractivity contribution in [2.24, 2.45) is 0 Å². The van der Waals surface area contributed by atoms with Gasteiger partial charge in [-0.3, -0.25) is 4.90 Å². The zero-order valence-electron chi connectivity index (χ0n) is 9.03. The molecule has 1 N–H and O–H groups in total. The van der Waals surface area contributed by atoms with Gasteiger partial charge in [0.15, 0.2) is 0 Å². The third-order valence-electron chi connectivity index (χ3n) is 3.15. The van der Waals surface area contributed by atoms with Crippen LogP contribution in [0.5, 0.6) is 0 Å². The Morgan fingerprint density at radius 3 is 2.54 bits per heavy atom. The van der Waals surface area contributed by atoms with Crippen LogP contribution in [0.2, 0.25) is 0 Å². The van der Waals surface area contributed by atoms with Crippen LogP contribution in [0.3, 0.4) is 0 Å². The van der Waals surface area contributed by atoms with Crippen molar-refractivity contribution >= 4 is 11.8 Å². The molecule has 4 unspecified atom stereocenters. The van der Waals surface area contributed by atoms with Gasteiger partial charge in [-0.05, 0) is 20.8 Å². The first-order chi connectivity index (χ1) is 6.04. The van der Waals surface area contributed by atoms with Crippen LogP contribution in [0.4, 0.5) is 0 Å². The van der Waals surface area contributed by atoms with E-state index in [1.807, 2.05) is 18.7 Å². The van der Waals surface area contributed by atoms with Gasteiger partial charge in [0.05, 0.1) is 6.10 Å². The van der Waals surface area contributed by atoms with Gasteiger partial charge in [-0.1, -0.05) is 6.92 Å². The Morgan fingerprint density at radius 1 is 1.38 bits per heavy atom. The van der Waals surface area contributed by atoms with Crippen LogP contribution in [0.25, 0.3) is 0 Å². The average Bonchev–Trinajstić information content (AvgIpc) is 2.08. The van der Waals surface area contributed by atoms with Gasteiger partial charge in [0, 0.05) is 29.6 Å². The Labute approximate surface area is 85.7 Å². The summed E-state index contributed by atoms with van der Waals surface area (Å²) in [4.78, 5) is 2.42. The van der Waals surface area contributed by atoms with Crippen molar-refractivity contribution in [3.8, 4) is 0 Å². The van der Waals surface area contributed by atoms with Crippen LogP contribution in [0.1, 0.15) is 27.7 Å². The fourth-order valence-corrected chi connectivity index (χ4v) is 2.93. The first-order valence-corrected chi connectivity index (χ1v) is 6.14. The van der Waals surface area contributed by atoms with Crippen molar-refractivity contribution in [1.82, 2.24) is 4.90 Å². The van der Waals surface area contributed by atoms with E-state index in [1.165, 1.54) is 5.75 Å². The lowest BCUT2D eigenvalue weighted by Crippen LogP contribution is -2.52. The lowest BCUT2D eigenvalue weighted by Gasteiger charge is -2.42. The molecular weight excluding hydrogens is 182 g/mol. The zero-order chi connectivity index (χ0) is 10.0. The van der Waals surface area contributed by atoms with Crippen LogP contribution in [-0.4, -0.2) is 45.7 Å². The SMILES string of the molecule is CC(O)C(C)N1CCSC(C)C1C. The Morgan fingerprint density at radius 2 is 2.00 bits per heavy atom. The molecule has 1 heterocycles. The molecule has 1 fully saturated rings. The minimum Gasteiger partial charge on any atom is -0.392 e. The summed E-state index contributed by atoms with van der Waals surface area (Å²) in [7, 11) is 0. The fourth-order valence-electron chi connectivity index (χ4n) is 1.81. The molecule has 0 aromatic carbocycles. The molecule has 0 spiro atoms. The smallest absolute Gasteiger partial charge is 0.0664 e. The van der Waals surface area contributed by atoms with Crippen LogP contribution >= 0.6 is 11.8 Å². The highest BCUT2D eigenvalue weighted by molar-refractivity contribution is 8.00. The minimum atomic E-state index is -0.224. The molecule has 2 nitrogen and oxygen atoms in total. The number of hydrogen-bond acceptors (Lipinski definition) is 3.